The molecular formula is C9H11NO3S. The average molecular weight is 213 g/mol. The molecule has 0 unspecified atom stereocenters. The molecule has 76 valence electrons. The van der Waals surface area contributed by atoms with E-state index in [-0.39, 0.29) is 5.91 Å². The molecule has 1 rings (SSSR count). The van der Waals surface area contributed by atoms with Crippen LogP contribution >= 0.6 is 11.3 Å². The Morgan fingerprint density at radius 2 is 2.21 bits per heavy atom. The van der Waals surface area contributed by atoms with Crippen molar-refractivity contribution in [3.63, 3.8) is 0 Å². The fourth-order valence-corrected chi connectivity index (χ4v) is 1.65. The van der Waals surface area contributed by atoms with Crippen molar-refractivity contribution in [3.8, 4) is 0 Å². The third-order valence-corrected chi connectivity index (χ3v) is 2.41. The smallest absolute Gasteiger partial charge is 0.340 e. The van der Waals surface area contributed by atoms with E-state index in [1.165, 1.54) is 18.4 Å². The van der Waals surface area contributed by atoms with Gasteiger partial charge in [0.1, 0.15) is 0 Å². The maximum Gasteiger partial charge on any atom is 0.340 e. The average Bonchev–Trinajstić information content (AvgIpc) is 2.64. The van der Waals surface area contributed by atoms with Crippen molar-refractivity contribution >= 4 is 28.9 Å². The number of amides is 1. The van der Waals surface area contributed by atoms with Crippen LogP contribution in [0.3, 0.4) is 0 Å². The molecule has 1 heterocycles. The van der Waals surface area contributed by atoms with Gasteiger partial charge in [0.2, 0.25) is 5.91 Å². The first-order valence-electron chi connectivity index (χ1n) is 4.13. The molecule has 0 aliphatic carbocycles. The van der Waals surface area contributed by atoms with E-state index in [4.69, 9.17) is 0 Å². The Labute approximate surface area is 85.9 Å². The monoisotopic (exact) mass is 213 g/mol. The van der Waals surface area contributed by atoms with E-state index >= 15 is 0 Å². The summed E-state index contributed by atoms with van der Waals surface area (Å²) in [6.07, 6.45) is 0.385. The second-order valence-corrected chi connectivity index (χ2v) is 3.34. The van der Waals surface area contributed by atoms with Crippen molar-refractivity contribution in [2.45, 2.75) is 13.3 Å². The highest BCUT2D eigenvalue weighted by atomic mass is 32.1. The summed E-state index contributed by atoms with van der Waals surface area (Å²) in [4.78, 5) is 22.3. The van der Waals surface area contributed by atoms with E-state index in [0.717, 1.165) is 0 Å². The van der Waals surface area contributed by atoms with Gasteiger partial charge in [-0.25, -0.2) is 4.79 Å². The number of methoxy groups -OCH3 is 1. The van der Waals surface area contributed by atoms with Crippen LogP contribution in [0.4, 0.5) is 5.69 Å². The SMILES string of the molecule is CCC(=O)Nc1cscc1C(=O)OC. The summed E-state index contributed by atoms with van der Waals surface area (Å²) in [6, 6.07) is 0. The van der Waals surface area contributed by atoms with Crippen LogP contribution in [0.2, 0.25) is 0 Å². The van der Waals surface area contributed by atoms with Crippen molar-refractivity contribution in [2.75, 3.05) is 12.4 Å². The van der Waals surface area contributed by atoms with Gasteiger partial charge in [0.15, 0.2) is 0 Å². The van der Waals surface area contributed by atoms with E-state index in [2.05, 4.69) is 10.1 Å². The molecule has 0 saturated carbocycles. The Balaban J connectivity index is 2.82. The summed E-state index contributed by atoms with van der Waals surface area (Å²) in [5, 5.41) is 5.98. The molecule has 1 aromatic rings. The van der Waals surface area contributed by atoms with Gasteiger partial charge < -0.3 is 10.1 Å². The summed E-state index contributed by atoms with van der Waals surface area (Å²) in [5.74, 6) is -0.550. The van der Waals surface area contributed by atoms with Gasteiger partial charge in [-0.1, -0.05) is 6.92 Å². The summed E-state index contributed by atoms with van der Waals surface area (Å²) in [7, 11) is 1.31. The van der Waals surface area contributed by atoms with Gasteiger partial charge >= 0.3 is 5.97 Å². The minimum Gasteiger partial charge on any atom is -0.465 e. The molecule has 5 heteroatoms. The van der Waals surface area contributed by atoms with Crippen LogP contribution < -0.4 is 5.32 Å². The normalized spacial score (nSPS) is 9.57. The van der Waals surface area contributed by atoms with E-state index in [0.29, 0.717) is 17.7 Å². The molecule has 0 fully saturated rings. The lowest BCUT2D eigenvalue weighted by molar-refractivity contribution is -0.115. The van der Waals surface area contributed by atoms with E-state index in [1.54, 1.807) is 17.7 Å². The van der Waals surface area contributed by atoms with Gasteiger partial charge in [-0.05, 0) is 0 Å². The second kappa shape index (κ2) is 4.76. The van der Waals surface area contributed by atoms with Gasteiger partial charge in [-0.3, -0.25) is 4.79 Å². The maximum atomic E-state index is 11.2. The second-order valence-electron chi connectivity index (χ2n) is 2.59. The van der Waals surface area contributed by atoms with Gasteiger partial charge in [-0.2, -0.15) is 0 Å². The standard InChI is InChI=1S/C9H11NO3S/c1-3-8(11)10-7-5-14-4-6(7)9(12)13-2/h4-5H,3H2,1-2H3,(H,10,11). The number of carbonyl (C=O) groups excluding carboxylic acids is 2. The number of ether oxygens (including phenoxy) is 1. The third-order valence-electron chi connectivity index (χ3n) is 1.66. The lowest BCUT2D eigenvalue weighted by Crippen LogP contribution is -2.12. The molecule has 14 heavy (non-hydrogen) atoms. The van der Waals surface area contributed by atoms with Crippen molar-refractivity contribution in [1.29, 1.82) is 0 Å². The molecule has 0 spiro atoms. The number of rotatable bonds is 3. The minimum atomic E-state index is -0.433. The van der Waals surface area contributed by atoms with Crippen LogP contribution in [0.25, 0.3) is 0 Å². The number of hydrogen-bond donors (Lipinski definition) is 1. The molecule has 0 aliphatic rings. The quantitative estimate of drug-likeness (QED) is 0.780. The number of hydrogen-bond acceptors (Lipinski definition) is 4. The third kappa shape index (κ3) is 2.32. The summed E-state index contributed by atoms with van der Waals surface area (Å²) in [6.45, 7) is 1.75. The number of carbonyl (C=O) groups is 2. The molecule has 0 radical (unpaired) electrons. The molecule has 4 nitrogen and oxygen atoms in total. The zero-order chi connectivity index (χ0) is 10.6. The Bertz CT molecular complexity index is 346. The lowest BCUT2D eigenvalue weighted by Gasteiger charge is -2.03. The highest BCUT2D eigenvalue weighted by Crippen LogP contribution is 2.21. The maximum absolute atomic E-state index is 11.2. The van der Waals surface area contributed by atoms with Crippen molar-refractivity contribution in [2.24, 2.45) is 0 Å². The van der Waals surface area contributed by atoms with Crippen molar-refractivity contribution in [1.82, 2.24) is 0 Å². The van der Waals surface area contributed by atoms with Crippen LogP contribution in [-0.2, 0) is 9.53 Å². The fraction of sp³-hybridized carbons (Fsp3) is 0.333. The summed E-state index contributed by atoms with van der Waals surface area (Å²) < 4.78 is 4.57. The molecule has 0 aliphatic heterocycles. The zero-order valence-electron chi connectivity index (χ0n) is 7.99. The molecule has 0 aromatic carbocycles. The Kier molecular flexibility index (Phi) is 3.64. The van der Waals surface area contributed by atoms with Gasteiger partial charge in [0.05, 0.1) is 18.4 Å². The number of esters is 1. The first-order chi connectivity index (χ1) is 6.69. The predicted molar refractivity (Wildman–Crippen MR) is 54.6 cm³/mol. The molecule has 0 saturated heterocycles. The Hall–Kier alpha value is -1.36. The molecule has 1 aromatic heterocycles. The zero-order valence-corrected chi connectivity index (χ0v) is 8.81. The van der Waals surface area contributed by atoms with E-state index in [9.17, 15) is 9.59 Å². The van der Waals surface area contributed by atoms with Gasteiger partial charge in [-0.15, -0.1) is 11.3 Å². The highest BCUT2D eigenvalue weighted by Gasteiger charge is 2.13. The fourth-order valence-electron chi connectivity index (χ4n) is 0.900. The first kappa shape index (κ1) is 10.7. The molecule has 1 N–H and O–H groups in total. The van der Waals surface area contributed by atoms with E-state index < -0.39 is 5.97 Å². The minimum absolute atomic E-state index is 0.117. The number of anilines is 1. The molecule has 0 atom stereocenters. The van der Waals surface area contributed by atoms with Crippen LogP contribution in [0.15, 0.2) is 10.8 Å². The van der Waals surface area contributed by atoms with Crippen LogP contribution in [0.5, 0.6) is 0 Å². The van der Waals surface area contributed by atoms with Gasteiger partial charge in [0, 0.05) is 17.2 Å². The largest absolute Gasteiger partial charge is 0.465 e. The number of thiophene rings is 1. The lowest BCUT2D eigenvalue weighted by atomic mass is 10.3. The van der Waals surface area contributed by atoms with Crippen LogP contribution in [0.1, 0.15) is 23.7 Å². The molecular weight excluding hydrogens is 202 g/mol. The number of nitrogens with one attached hydrogen (secondary N) is 1. The van der Waals surface area contributed by atoms with Crippen LogP contribution in [-0.4, -0.2) is 19.0 Å². The topological polar surface area (TPSA) is 55.4 Å². The summed E-state index contributed by atoms with van der Waals surface area (Å²) >= 11 is 1.35. The van der Waals surface area contributed by atoms with E-state index in [1.807, 2.05) is 0 Å². The predicted octanol–water partition coefficient (Wildman–Crippen LogP) is 1.88. The summed E-state index contributed by atoms with van der Waals surface area (Å²) in [5.41, 5.74) is 0.924. The first-order valence-corrected chi connectivity index (χ1v) is 5.07. The van der Waals surface area contributed by atoms with Crippen LogP contribution in [0, 0.1) is 0 Å². The Morgan fingerprint density at radius 1 is 1.50 bits per heavy atom. The van der Waals surface area contributed by atoms with Gasteiger partial charge in [0.25, 0.3) is 0 Å². The van der Waals surface area contributed by atoms with Crippen molar-refractivity contribution in [3.05, 3.63) is 16.3 Å². The van der Waals surface area contributed by atoms with Crippen molar-refractivity contribution < 1.29 is 14.3 Å². The highest BCUT2D eigenvalue weighted by molar-refractivity contribution is 7.08. The Morgan fingerprint density at radius 3 is 2.79 bits per heavy atom. The molecule has 0 bridgehead atoms. The molecule has 1 amide bonds.